The van der Waals surface area contributed by atoms with Gasteiger partial charge in [0.05, 0.1) is 12.5 Å². The quantitative estimate of drug-likeness (QED) is 0.499. The van der Waals surface area contributed by atoms with E-state index in [1.165, 1.54) is 0 Å². The molecule has 0 aromatic carbocycles. The van der Waals surface area contributed by atoms with Crippen LogP contribution < -0.4 is 0 Å². The summed E-state index contributed by atoms with van der Waals surface area (Å²) in [5.74, 6) is -0.990. The zero-order valence-corrected chi connectivity index (χ0v) is 8.52. The lowest BCUT2D eigenvalue weighted by Crippen LogP contribution is -2.34. The van der Waals surface area contributed by atoms with E-state index in [0.29, 0.717) is 19.5 Å². The summed E-state index contributed by atoms with van der Waals surface area (Å²) in [6, 6.07) is 0. The van der Waals surface area contributed by atoms with Crippen molar-refractivity contribution in [3.05, 3.63) is 0 Å². The number of aliphatic hydroxyl groups excluding tert-OH is 2. The number of hydrogen-bond donors (Lipinski definition) is 3. The van der Waals surface area contributed by atoms with Crippen LogP contribution in [0.1, 0.15) is 19.8 Å². The van der Waals surface area contributed by atoms with Crippen LogP contribution in [-0.4, -0.2) is 58.5 Å². The van der Waals surface area contributed by atoms with Crippen LogP contribution in [0.2, 0.25) is 0 Å². The van der Waals surface area contributed by atoms with Gasteiger partial charge in [0.1, 0.15) is 0 Å². The number of hydrogen-bond acceptors (Lipinski definition) is 4. The fourth-order valence-electron chi connectivity index (χ4n) is 1.24. The average molecular weight is 205 g/mol. The second-order valence-electron chi connectivity index (χ2n) is 3.22. The first-order valence-corrected chi connectivity index (χ1v) is 4.83. The number of likely N-dealkylation sites (N-methyl/N-ethyl adjacent to an activating group) is 1. The third-order valence-electron chi connectivity index (χ3n) is 1.96. The van der Waals surface area contributed by atoms with Gasteiger partial charge in [-0.25, -0.2) is 0 Å². The molecule has 0 rings (SSSR count). The molecular weight excluding hydrogens is 186 g/mol. The molecule has 0 aromatic rings. The number of aliphatic hydroxyl groups is 2. The number of carboxylic acids is 1. The summed E-state index contributed by atoms with van der Waals surface area (Å²) >= 11 is 0. The maximum atomic E-state index is 10.3. The second-order valence-corrected chi connectivity index (χ2v) is 3.22. The summed E-state index contributed by atoms with van der Waals surface area (Å²) in [5.41, 5.74) is 0. The van der Waals surface area contributed by atoms with E-state index in [2.05, 4.69) is 0 Å². The Hall–Kier alpha value is -0.650. The Morgan fingerprint density at radius 1 is 1.50 bits per heavy atom. The standard InChI is InChI=1S/C9H19NO4/c1-2-10(4-3-5-11)7-8(12)6-9(13)14/h8,11-12H,2-7H2,1H3,(H,13,14). The Kier molecular flexibility index (Phi) is 7.37. The molecule has 3 N–H and O–H groups in total. The summed E-state index contributed by atoms with van der Waals surface area (Å²) in [7, 11) is 0. The Labute approximate surface area is 84.0 Å². The van der Waals surface area contributed by atoms with Crippen LogP contribution in [0.25, 0.3) is 0 Å². The zero-order valence-electron chi connectivity index (χ0n) is 8.52. The van der Waals surface area contributed by atoms with Gasteiger partial charge < -0.3 is 20.2 Å². The summed E-state index contributed by atoms with van der Waals surface area (Å²) in [4.78, 5) is 12.2. The molecule has 0 fully saturated rings. The predicted molar refractivity (Wildman–Crippen MR) is 52.1 cm³/mol. The lowest BCUT2D eigenvalue weighted by molar-refractivity contribution is -0.139. The molecule has 5 nitrogen and oxygen atoms in total. The second kappa shape index (κ2) is 7.73. The molecule has 0 bridgehead atoms. The Balaban J connectivity index is 3.73. The van der Waals surface area contributed by atoms with Crippen LogP contribution in [0.4, 0.5) is 0 Å². The average Bonchev–Trinajstić information content (AvgIpc) is 2.10. The van der Waals surface area contributed by atoms with Gasteiger partial charge in [0.2, 0.25) is 0 Å². The minimum absolute atomic E-state index is 0.117. The summed E-state index contributed by atoms with van der Waals surface area (Å²) < 4.78 is 0. The van der Waals surface area contributed by atoms with Gasteiger partial charge in [-0.3, -0.25) is 4.79 Å². The minimum Gasteiger partial charge on any atom is -0.481 e. The predicted octanol–water partition coefficient (Wildman–Crippen LogP) is -0.474. The van der Waals surface area contributed by atoms with Crippen molar-refractivity contribution in [2.75, 3.05) is 26.2 Å². The number of carboxylic acid groups (broad SMARTS) is 1. The van der Waals surface area contributed by atoms with Gasteiger partial charge in [-0.05, 0) is 13.0 Å². The van der Waals surface area contributed by atoms with E-state index >= 15 is 0 Å². The van der Waals surface area contributed by atoms with Gasteiger partial charge in [0.15, 0.2) is 0 Å². The van der Waals surface area contributed by atoms with E-state index in [1.54, 1.807) is 0 Å². The Morgan fingerprint density at radius 3 is 2.57 bits per heavy atom. The first-order valence-electron chi connectivity index (χ1n) is 4.83. The van der Waals surface area contributed by atoms with Gasteiger partial charge in [0.25, 0.3) is 0 Å². The van der Waals surface area contributed by atoms with Crippen LogP contribution in [0.5, 0.6) is 0 Å². The third-order valence-corrected chi connectivity index (χ3v) is 1.96. The molecule has 0 aromatic heterocycles. The Morgan fingerprint density at radius 2 is 2.14 bits per heavy atom. The molecule has 0 amide bonds. The molecule has 0 heterocycles. The highest BCUT2D eigenvalue weighted by Crippen LogP contribution is 1.98. The molecule has 1 atom stereocenters. The van der Waals surface area contributed by atoms with Crippen LogP contribution in [0.15, 0.2) is 0 Å². The fourth-order valence-corrected chi connectivity index (χ4v) is 1.24. The molecule has 0 aliphatic rings. The summed E-state index contributed by atoms with van der Waals surface area (Å²) in [6.07, 6.45) is -0.408. The van der Waals surface area contributed by atoms with Gasteiger partial charge >= 0.3 is 5.97 Å². The molecule has 5 heteroatoms. The first kappa shape index (κ1) is 13.4. The van der Waals surface area contributed by atoms with E-state index in [4.69, 9.17) is 10.2 Å². The number of aliphatic carboxylic acids is 1. The van der Waals surface area contributed by atoms with Crippen molar-refractivity contribution in [3.8, 4) is 0 Å². The highest BCUT2D eigenvalue weighted by Gasteiger charge is 2.13. The van der Waals surface area contributed by atoms with E-state index in [1.807, 2.05) is 11.8 Å². The van der Waals surface area contributed by atoms with Crippen molar-refractivity contribution < 1.29 is 20.1 Å². The molecule has 1 unspecified atom stereocenters. The smallest absolute Gasteiger partial charge is 0.306 e. The van der Waals surface area contributed by atoms with E-state index < -0.39 is 12.1 Å². The van der Waals surface area contributed by atoms with Gasteiger partial charge in [0, 0.05) is 19.7 Å². The van der Waals surface area contributed by atoms with Crippen molar-refractivity contribution >= 4 is 5.97 Å². The first-order chi connectivity index (χ1) is 6.60. The van der Waals surface area contributed by atoms with Crippen molar-refractivity contribution in [2.24, 2.45) is 0 Å². The highest BCUT2D eigenvalue weighted by molar-refractivity contribution is 5.67. The van der Waals surface area contributed by atoms with E-state index in [9.17, 15) is 9.90 Å². The number of rotatable bonds is 8. The molecular formula is C9H19NO4. The lowest BCUT2D eigenvalue weighted by Gasteiger charge is -2.22. The molecule has 14 heavy (non-hydrogen) atoms. The normalized spacial score (nSPS) is 13.1. The monoisotopic (exact) mass is 205 g/mol. The van der Waals surface area contributed by atoms with Crippen LogP contribution in [0, 0.1) is 0 Å². The minimum atomic E-state index is -0.990. The largest absolute Gasteiger partial charge is 0.481 e. The molecule has 0 aliphatic heterocycles. The van der Waals surface area contributed by atoms with Gasteiger partial charge in [-0.15, -0.1) is 0 Å². The molecule has 84 valence electrons. The summed E-state index contributed by atoms with van der Waals surface area (Å²) in [5, 5.41) is 26.4. The molecule has 0 aliphatic carbocycles. The van der Waals surface area contributed by atoms with Crippen LogP contribution >= 0.6 is 0 Å². The zero-order chi connectivity index (χ0) is 11.0. The third kappa shape index (κ3) is 6.82. The van der Waals surface area contributed by atoms with Crippen molar-refractivity contribution in [3.63, 3.8) is 0 Å². The molecule has 0 saturated carbocycles. The van der Waals surface area contributed by atoms with Crippen molar-refractivity contribution in [1.82, 2.24) is 4.90 Å². The number of nitrogens with zero attached hydrogens (tertiary/aromatic N) is 1. The molecule has 0 spiro atoms. The van der Waals surface area contributed by atoms with Crippen molar-refractivity contribution in [1.29, 1.82) is 0 Å². The van der Waals surface area contributed by atoms with E-state index in [-0.39, 0.29) is 13.0 Å². The SMILES string of the molecule is CCN(CCCO)CC(O)CC(=O)O. The maximum Gasteiger partial charge on any atom is 0.306 e. The number of carbonyl (C=O) groups is 1. The van der Waals surface area contributed by atoms with Crippen molar-refractivity contribution in [2.45, 2.75) is 25.9 Å². The van der Waals surface area contributed by atoms with Crippen LogP contribution in [0.3, 0.4) is 0 Å². The Bertz CT molecular complexity index is 163. The highest BCUT2D eigenvalue weighted by atomic mass is 16.4. The van der Waals surface area contributed by atoms with Gasteiger partial charge in [-0.2, -0.15) is 0 Å². The van der Waals surface area contributed by atoms with Crippen LogP contribution in [-0.2, 0) is 4.79 Å². The summed E-state index contributed by atoms with van der Waals surface area (Å²) in [6.45, 7) is 3.83. The molecule has 0 saturated heterocycles. The molecule has 0 radical (unpaired) electrons. The van der Waals surface area contributed by atoms with E-state index in [0.717, 1.165) is 6.54 Å². The topological polar surface area (TPSA) is 81.0 Å². The fraction of sp³-hybridized carbons (Fsp3) is 0.889. The van der Waals surface area contributed by atoms with Gasteiger partial charge in [-0.1, -0.05) is 6.92 Å². The lowest BCUT2D eigenvalue weighted by atomic mass is 10.2. The maximum absolute atomic E-state index is 10.3.